The molecule has 0 atom stereocenters. The number of anilines is 1. The Kier molecular flexibility index (Phi) is 3.38. The predicted octanol–water partition coefficient (Wildman–Crippen LogP) is 3.34. The molecule has 0 saturated carbocycles. The minimum absolute atomic E-state index is 0.199. The van der Waals surface area contributed by atoms with Crippen molar-refractivity contribution in [3.8, 4) is 11.3 Å². The fraction of sp³-hybridized carbons (Fsp3) is 0.118. The summed E-state index contributed by atoms with van der Waals surface area (Å²) in [5.74, 6) is 0.547. The van der Waals surface area contributed by atoms with Gasteiger partial charge in [-0.05, 0) is 18.2 Å². The highest BCUT2D eigenvalue weighted by Crippen LogP contribution is 2.42. The molecule has 114 valence electrons. The van der Waals surface area contributed by atoms with Gasteiger partial charge < -0.3 is 5.32 Å². The van der Waals surface area contributed by atoms with Crippen LogP contribution >= 0.6 is 11.8 Å². The molecule has 0 bridgehead atoms. The minimum Gasteiger partial charge on any atom is -0.319 e. The van der Waals surface area contributed by atoms with E-state index in [4.69, 9.17) is 0 Å². The summed E-state index contributed by atoms with van der Waals surface area (Å²) in [7, 11) is 1.88. The molecule has 0 unspecified atom stereocenters. The molecule has 0 radical (unpaired) electrons. The molecule has 1 N–H and O–H groups in total. The molecular weight excluding hydrogens is 308 g/mol. The average Bonchev–Trinajstić information content (AvgIpc) is 2.93. The van der Waals surface area contributed by atoms with Gasteiger partial charge in [0.15, 0.2) is 5.69 Å². The molecule has 0 aliphatic carbocycles. The second-order valence-electron chi connectivity index (χ2n) is 5.28. The quantitative estimate of drug-likeness (QED) is 0.786. The van der Waals surface area contributed by atoms with Crippen LogP contribution in [-0.2, 0) is 12.8 Å². The summed E-state index contributed by atoms with van der Waals surface area (Å²) >= 11 is 1.74. The van der Waals surface area contributed by atoms with Crippen LogP contribution in [0.15, 0.2) is 53.7 Å². The largest absolute Gasteiger partial charge is 0.319 e. The third kappa shape index (κ3) is 2.41. The number of nitrogens with one attached hydrogen (secondary N) is 1. The highest BCUT2D eigenvalue weighted by molar-refractivity contribution is 7.98. The fourth-order valence-electron chi connectivity index (χ4n) is 2.79. The van der Waals surface area contributed by atoms with Gasteiger partial charge in [-0.2, -0.15) is 5.10 Å². The van der Waals surface area contributed by atoms with Gasteiger partial charge >= 0.3 is 0 Å². The zero-order valence-corrected chi connectivity index (χ0v) is 13.3. The zero-order chi connectivity index (χ0) is 15.8. The van der Waals surface area contributed by atoms with Crippen LogP contribution in [0, 0.1) is 0 Å². The van der Waals surface area contributed by atoms with Crippen molar-refractivity contribution in [2.75, 3.05) is 5.32 Å². The number of thioether (sulfide) groups is 1. The van der Waals surface area contributed by atoms with Crippen molar-refractivity contribution < 1.29 is 4.79 Å². The van der Waals surface area contributed by atoms with Gasteiger partial charge in [0, 0.05) is 35.0 Å². The van der Waals surface area contributed by atoms with Crippen molar-refractivity contribution in [3.05, 3.63) is 60.0 Å². The van der Waals surface area contributed by atoms with Crippen LogP contribution in [0.1, 0.15) is 16.1 Å². The molecule has 0 spiro atoms. The van der Waals surface area contributed by atoms with Crippen molar-refractivity contribution >= 4 is 23.4 Å². The molecule has 3 aromatic rings. The summed E-state index contributed by atoms with van der Waals surface area (Å²) in [6.45, 7) is 0. The first-order valence-electron chi connectivity index (χ1n) is 7.23. The number of hydrogen-bond acceptors (Lipinski definition) is 4. The Morgan fingerprint density at radius 1 is 1.26 bits per heavy atom. The van der Waals surface area contributed by atoms with E-state index in [1.54, 1.807) is 34.9 Å². The van der Waals surface area contributed by atoms with Gasteiger partial charge in [0.05, 0.1) is 17.6 Å². The molecule has 0 saturated heterocycles. The third-order valence-electron chi connectivity index (χ3n) is 3.79. The average molecular weight is 322 g/mol. The Hall–Kier alpha value is -2.60. The normalized spacial score (nSPS) is 12.4. The van der Waals surface area contributed by atoms with Gasteiger partial charge in [0.2, 0.25) is 0 Å². The van der Waals surface area contributed by atoms with E-state index in [1.165, 1.54) is 4.90 Å². The van der Waals surface area contributed by atoms with Crippen molar-refractivity contribution in [2.45, 2.75) is 10.6 Å². The van der Waals surface area contributed by atoms with Crippen molar-refractivity contribution in [1.82, 2.24) is 14.8 Å². The summed E-state index contributed by atoms with van der Waals surface area (Å²) in [6.07, 6.45) is 3.29. The monoisotopic (exact) mass is 322 g/mol. The molecule has 0 fully saturated rings. The van der Waals surface area contributed by atoms with E-state index in [1.807, 2.05) is 25.2 Å². The molecule has 2 aromatic heterocycles. The number of aryl methyl sites for hydroxylation is 1. The van der Waals surface area contributed by atoms with Crippen LogP contribution < -0.4 is 5.32 Å². The van der Waals surface area contributed by atoms with Gasteiger partial charge in [-0.25, -0.2) is 0 Å². The molecule has 1 aliphatic heterocycles. The van der Waals surface area contributed by atoms with Crippen molar-refractivity contribution in [1.29, 1.82) is 0 Å². The Labute approximate surface area is 137 Å². The molecular formula is C17H14N4OS. The maximum absolute atomic E-state index is 12.6. The molecule has 4 rings (SSSR count). The van der Waals surface area contributed by atoms with Crippen molar-refractivity contribution in [3.63, 3.8) is 0 Å². The molecule has 1 aromatic carbocycles. The van der Waals surface area contributed by atoms with E-state index in [0.717, 1.165) is 22.6 Å². The number of carbonyl (C=O) groups is 1. The first kappa shape index (κ1) is 14.0. The molecule has 3 heterocycles. The zero-order valence-electron chi connectivity index (χ0n) is 12.5. The van der Waals surface area contributed by atoms with Crippen molar-refractivity contribution in [2.24, 2.45) is 7.05 Å². The number of carbonyl (C=O) groups excluding carboxylic acids is 1. The minimum atomic E-state index is -0.199. The van der Waals surface area contributed by atoms with E-state index >= 15 is 0 Å². The Balaban J connectivity index is 1.74. The smallest absolute Gasteiger partial charge is 0.276 e. The van der Waals surface area contributed by atoms with Crippen LogP contribution in [0.2, 0.25) is 0 Å². The molecule has 6 heteroatoms. The van der Waals surface area contributed by atoms with E-state index in [-0.39, 0.29) is 5.91 Å². The van der Waals surface area contributed by atoms with Gasteiger partial charge in [-0.3, -0.25) is 14.5 Å². The summed E-state index contributed by atoms with van der Waals surface area (Å²) in [5, 5.41) is 7.32. The van der Waals surface area contributed by atoms with Gasteiger partial charge in [0.1, 0.15) is 0 Å². The lowest BCUT2D eigenvalue weighted by atomic mass is 10.1. The van der Waals surface area contributed by atoms with Gasteiger partial charge in [-0.15, -0.1) is 11.8 Å². The SMILES string of the molecule is Cn1nc(C(=O)Nc2cccnc2)c2c1-c1ccccc1SC2. The number of rotatable bonds is 2. The maximum Gasteiger partial charge on any atom is 0.276 e. The lowest BCUT2D eigenvalue weighted by Crippen LogP contribution is -2.15. The highest BCUT2D eigenvalue weighted by Gasteiger charge is 2.27. The van der Waals surface area contributed by atoms with Gasteiger partial charge in [0.25, 0.3) is 5.91 Å². The first-order chi connectivity index (χ1) is 11.2. The van der Waals surface area contributed by atoms with E-state index < -0.39 is 0 Å². The summed E-state index contributed by atoms with van der Waals surface area (Å²) in [5.41, 5.74) is 4.29. The maximum atomic E-state index is 12.6. The fourth-order valence-corrected chi connectivity index (χ4v) is 3.86. The van der Waals surface area contributed by atoms with E-state index in [9.17, 15) is 4.79 Å². The number of fused-ring (bicyclic) bond motifs is 3. The molecule has 1 amide bonds. The van der Waals surface area contributed by atoms with E-state index in [0.29, 0.717) is 11.4 Å². The lowest BCUT2D eigenvalue weighted by Gasteiger charge is -2.16. The first-order valence-corrected chi connectivity index (χ1v) is 8.22. The number of benzene rings is 1. The standard InChI is InChI=1S/C17H14N4OS/c1-21-16-12-6-2-3-7-14(12)23-10-13(16)15(20-21)17(22)19-11-5-4-8-18-9-11/h2-9H,10H2,1H3,(H,19,22). The second kappa shape index (κ2) is 5.55. The number of hydrogen-bond donors (Lipinski definition) is 1. The summed E-state index contributed by atoms with van der Waals surface area (Å²) in [6, 6.07) is 11.8. The number of nitrogens with zero attached hydrogens (tertiary/aromatic N) is 3. The Morgan fingerprint density at radius 2 is 2.13 bits per heavy atom. The summed E-state index contributed by atoms with van der Waals surface area (Å²) < 4.78 is 1.80. The number of pyridine rings is 1. The van der Waals surface area contributed by atoms with Gasteiger partial charge in [-0.1, -0.05) is 18.2 Å². The van der Waals surface area contributed by atoms with Crippen LogP contribution in [0.25, 0.3) is 11.3 Å². The Morgan fingerprint density at radius 3 is 2.96 bits per heavy atom. The van der Waals surface area contributed by atoms with Crippen LogP contribution in [0.5, 0.6) is 0 Å². The van der Waals surface area contributed by atoms with Crippen LogP contribution in [0.4, 0.5) is 5.69 Å². The highest BCUT2D eigenvalue weighted by atomic mass is 32.2. The number of amides is 1. The second-order valence-corrected chi connectivity index (χ2v) is 6.30. The van der Waals surface area contributed by atoms with E-state index in [2.05, 4.69) is 27.5 Å². The predicted molar refractivity (Wildman–Crippen MR) is 90.4 cm³/mol. The lowest BCUT2D eigenvalue weighted by molar-refractivity contribution is 0.102. The topological polar surface area (TPSA) is 59.8 Å². The van der Waals surface area contributed by atoms with Crippen LogP contribution in [0.3, 0.4) is 0 Å². The number of aromatic nitrogens is 3. The molecule has 5 nitrogen and oxygen atoms in total. The Bertz CT molecular complexity index is 889. The molecule has 23 heavy (non-hydrogen) atoms. The van der Waals surface area contributed by atoms with Crippen LogP contribution in [-0.4, -0.2) is 20.7 Å². The summed E-state index contributed by atoms with van der Waals surface area (Å²) in [4.78, 5) is 17.8. The molecule has 1 aliphatic rings. The third-order valence-corrected chi connectivity index (χ3v) is 4.89.